The van der Waals surface area contributed by atoms with Crippen molar-refractivity contribution in [3.63, 3.8) is 0 Å². The number of rotatable bonds is 1. The summed E-state index contributed by atoms with van der Waals surface area (Å²) in [4.78, 5) is 0. The van der Waals surface area contributed by atoms with E-state index in [2.05, 4.69) is 0 Å². The van der Waals surface area contributed by atoms with E-state index in [1.165, 1.54) is 6.07 Å². The number of nitriles is 1. The quantitative estimate of drug-likeness (QED) is 0.761. The second-order valence-electron chi connectivity index (χ2n) is 3.49. The van der Waals surface area contributed by atoms with Crippen LogP contribution in [-0.2, 0) is 15.7 Å². The monoisotopic (exact) mass is 243 g/mol. The van der Waals surface area contributed by atoms with Gasteiger partial charge < -0.3 is 9.47 Å². The summed E-state index contributed by atoms with van der Waals surface area (Å²) < 4.78 is 47.6. The van der Waals surface area contributed by atoms with Gasteiger partial charge in [-0.3, -0.25) is 0 Å². The van der Waals surface area contributed by atoms with Crippen molar-refractivity contribution in [2.75, 3.05) is 13.2 Å². The van der Waals surface area contributed by atoms with Gasteiger partial charge in [-0.15, -0.1) is 0 Å². The molecule has 1 heterocycles. The average Bonchev–Trinajstić information content (AvgIpc) is 2.80. The van der Waals surface area contributed by atoms with Crippen molar-refractivity contribution in [2.24, 2.45) is 0 Å². The molecule has 1 fully saturated rings. The Labute approximate surface area is 95.4 Å². The highest BCUT2D eigenvalue weighted by molar-refractivity contribution is 5.42. The van der Waals surface area contributed by atoms with E-state index in [1.54, 1.807) is 6.07 Å². The Morgan fingerprint density at radius 1 is 1.24 bits per heavy atom. The van der Waals surface area contributed by atoms with Gasteiger partial charge in [-0.2, -0.15) is 18.4 Å². The molecule has 1 aliphatic rings. The Morgan fingerprint density at radius 2 is 1.88 bits per heavy atom. The van der Waals surface area contributed by atoms with Gasteiger partial charge in [-0.1, -0.05) is 6.07 Å². The van der Waals surface area contributed by atoms with Crippen LogP contribution < -0.4 is 0 Å². The van der Waals surface area contributed by atoms with E-state index >= 15 is 0 Å². The Bertz CT molecular complexity index is 459. The normalized spacial score (nSPS) is 17.1. The highest BCUT2D eigenvalue weighted by Crippen LogP contribution is 2.33. The summed E-state index contributed by atoms with van der Waals surface area (Å²) >= 11 is 0. The van der Waals surface area contributed by atoms with Crippen molar-refractivity contribution in [1.29, 1.82) is 5.26 Å². The van der Waals surface area contributed by atoms with Crippen molar-refractivity contribution in [1.82, 2.24) is 0 Å². The molecular formula is C11H8F3NO2. The Morgan fingerprint density at radius 3 is 2.41 bits per heavy atom. The average molecular weight is 243 g/mol. The highest BCUT2D eigenvalue weighted by atomic mass is 19.4. The van der Waals surface area contributed by atoms with Gasteiger partial charge >= 0.3 is 6.18 Å². The van der Waals surface area contributed by atoms with E-state index in [0.717, 1.165) is 12.1 Å². The van der Waals surface area contributed by atoms with Gasteiger partial charge in [0.25, 0.3) is 0 Å². The second kappa shape index (κ2) is 4.35. The molecule has 0 bridgehead atoms. The summed E-state index contributed by atoms with van der Waals surface area (Å²) in [6.07, 6.45) is -5.20. The van der Waals surface area contributed by atoms with Crippen LogP contribution in [0.15, 0.2) is 18.2 Å². The first-order chi connectivity index (χ1) is 8.02. The summed E-state index contributed by atoms with van der Waals surface area (Å²) in [5.41, 5.74) is -0.597. The maximum absolute atomic E-state index is 12.4. The molecule has 0 unspecified atom stereocenters. The number of benzene rings is 1. The molecule has 2 rings (SSSR count). The first-order valence-electron chi connectivity index (χ1n) is 4.87. The fraction of sp³-hybridized carbons (Fsp3) is 0.364. The Kier molecular flexibility index (Phi) is 3.05. The van der Waals surface area contributed by atoms with Crippen LogP contribution in [0, 0.1) is 11.3 Å². The van der Waals surface area contributed by atoms with E-state index in [-0.39, 0.29) is 5.56 Å². The minimum atomic E-state index is -4.46. The topological polar surface area (TPSA) is 42.2 Å². The van der Waals surface area contributed by atoms with E-state index in [0.29, 0.717) is 18.8 Å². The number of nitrogens with zero attached hydrogens (tertiary/aromatic N) is 1. The van der Waals surface area contributed by atoms with Gasteiger partial charge in [0.1, 0.15) is 0 Å². The van der Waals surface area contributed by atoms with Crippen molar-refractivity contribution in [3.05, 3.63) is 34.9 Å². The molecule has 0 aliphatic carbocycles. The first kappa shape index (κ1) is 11.9. The van der Waals surface area contributed by atoms with Crippen LogP contribution >= 0.6 is 0 Å². The third kappa shape index (κ3) is 2.40. The predicted octanol–water partition coefficient (Wildman–Crippen LogP) is 2.62. The molecule has 1 aliphatic heterocycles. The fourth-order valence-electron chi connectivity index (χ4n) is 1.57. The lowest BCUT2D eigenvalue weighted by Crippen LogP contribution is -2.08. The van der Waals surface area contributed by atoms with E-state index in [1.807, 2.05) is 0 Å². The fourth-order valence-corrected chi connectivity index (χ4v) is 1.57. The zero-order valence-corrected chi connectivity index (χ0v) is 8.62. The molecule has 0 saturated carbocycles. The summed E-state index contributed by atoms with van der Waals surface area (Å²) in [6, 6.07) is 4.67. The number of hydrogen-bond acceptors (Lipinski definition) is 3. The molecule has 0 radical (unpaired) electrons. The first-order valence-corrected chi connectivity index (χ1v) is 4.87. The van der Waals surface area contributed by atoms with Crippen LogP contribution in [-0.4, -0.2) is 13.2 Å². The van der Waals surface area contributed by atoms with Gasteiger partial charge in [-0.25, -0.2) is 0 Å². The standard InChI is InChI=1S/C11H8F3NO2/c12-11(13,14)8-1-2-9(7(5-8)6-15)10-16-3-4-17-10/h1-2,5,10H,3-4H2. The molecule has 0 amide bonds. The smallest absolute Gasteiger partial charge is 0.346 e. The van der Waals surface area contributed by atoms with Crippen LogP contribution in [0.5, 0.6) is 0 Å². The summed E-state index contributed by atoms with van der Waals surface area (Å²) in [7, 11) is 0. The molecule has 17 heavy (non-hydrogen) atoms. The predicted molar refractivity (Wildman–Crippen MR) is 50.8 cm³/mol. The molecule has 3 nitrogen and oxygen atoms in total. The van der Waals surface area contributed by atoms with Gasteiger partial charge in [0.2, 0.25) is 0 Å². The number of alkyl halides is 3. The molecule has 0 atom stereocenters. The Balaban J connectivity index is 2.39. The maximum atomic E-state index is 12.4. The molecule has 0 N–H and O–H groups in total. The summed E-state index contributed by atoms with van der Waals surface area (Å²) in [5, 5.41) is 8.84. The molecule has 6 heteroatoms. The number of hydrogen-bond donors (Lipinski definition) is 0. The molecule has 0 aromatic heterocycles. The van der Waals surface area contributed by atoms with Crippen molar-refractivity contribution in [3.8, 4) is 6.07 Å². The molecule has 1 aromatic rings. The number of ether oxygens (including phenoxy) is 2. The van der Waals surface area contributed by atoms with E-state index in [9.17, 15) is 13.2 Å². The molecule has 90 valence electrons. The minimum Gasteiger partial charge on any atom is -0.346 e. The van der Waals surface area contributed by atoms with Crippen LogP contribution in [0.1, 0.15) is 23.0 Å². The second-order valence-corrected chi connectivity index (χ2v) is 3.49. The van der Waals surface area contributed by atoms with Gasteiger partial charge in [0, 0.05) is 5.56 Å². The summed E-state index contributed by atoms with van der Waals surface area (Å²) in [6.45, 7) is 0.743. The van der Waals surface area contributed by atoms with Gasteiger partial charge in [0.05, 0.1) is 30.4 Å². The van der Waals surface area contributed by atoms with Crippen molar-refractivity contribution >= 4 is 0 Å². The van der Waals surface area contributed by atoms with Crippen LogP contribution in [0.25, 0.3) is 0 Å². The van der Waals surface area contributed by atoms with Crippen LogP contribution in [0.4, 0.5) is 13.2 Å². The SMILES string of the molecule is N#Cc1cc(C(F)(F)F)ccc1C1OCCO1. The Hall–Kier alpha value is -1.58. The van der Waals surface area contributed by atoms with Gasteiger partial charge in [-0.05, 0) is 12.1 Å². The third-order valence-corrected chi connectivity index (χ3v) is 2.38. The number of halogens is 3. The van der Waals surface area contributed by atoms with Crippen LogP contribution in [0.3, 0.4) is 0 Å². The van der Waals surface area contributed by atoms with Crippen molar-refractivity contribution < 1.29 is 22.6 Å². The third-order valence-electron chi connectivity index (χ3n) is 2.38. The maximum Gasteiger partial charge on any atom is 0.416 e. The summed E-state index contributed by atoms with van der Waals surface area (Å²) in [5.74, 6) is 0. The van der Waals surface area contributed by atoms with E-state index < -0.39 is 18.0 Å². The highest BCUT2D eigenvalue weighted by Gasteiger charge is 2.32. The minimum absolute atomic E-state index is 0.0771. The van der Waals surface area contributed by atoms with E-state index in [4.69, 9.17) is 14.7 Å². The van der Waals surface area contributed by atoms with Gasteiger partial charge in [0.15, 0.2) is 6.29 Å². The molecule has 1 saturated heterocycles. The molecule has 1 aromatic carbocycles. The lowest BCUT2D eigenvalue weighted by molar-refractivity contribution is -0.137. The van der Waals surface area contributed by atoms with Crippen molar-refractivity contribution in [2.45, 2.75) is 12.5 Å². The zero-order chi connectivity index (χ0) is 12.5. The molecule has 0 spiro atoms. The largest absolute Gasteiger partial charge is 0.416 e. The zero-order valence-electron chi connectivity index (χ0n) is 8.62. The lowest BCUT2D eigenvalue weighted by Gasteiger charge is -2.13. The van der Waals surface area contributed by atoms with Crippen LogP contribution in [0.2, 0.25) is 0 Å². The molecular weight excluding hydrogens is 235 g/mol. The lowest BCUT2D eigenvalue weighted by atomic mass is 10.0.